The highest BCUT2D eigenvalue weighted by molar-refractivity contribution is 5.06. The number of nitrogens with two attached hydrogens (primary N) is 1. The molecule has 5 nitrogen and oxygen atoms in total. The summed E-state index contributed by atoms with van der Waals surface area (Å²) in [5.41, 5.74) is 5.99. The zero-order valence-corrected chi connectivity index (χ0v) is 8.08. The minimum absolute atomic E-state index is 0.436. The van der Waals surface area contributed by atoms with Crippen molar-refractivity contribution in [2.24, 2.45) is 11.7 Å². The molecule has 2 N–H and O–H groups in total. The Morgan fingerprint density at radius 1 is 1.43 bits per heavy atom. The topological polar surface area (TPSA) is 60.0 Å². The molecule has 1 saturated carbocycles. The van der Waals surface area contributed by atoms with Crippen LogP contribution in [0.25, 0.3) is 0 Å². The first-order valence-corrected chi connectivity index (χ1v) is 5.16. The molecule has 2 bridgehead atoms. The maximum atomic E-state index is 5.99. The fourth-order valence-electron chi connectivity index (χ4n) is 2.60. The van der Waals surface area contributed by atoms with Crippen LogP contribution in [0.2, 0.25) is 0 Å². The molecule has 0 aromatic carbocycles. The molecule has 5 heteroatoms. The third-order valence-electron chi connectivity index (χ3n) is 3.55. The Labute approximate surface area is 82.9 Å². The van der Waals surface area contributed by atoms with E-state index >= 15 is 0 Å². The van der Waals surface area contributed by atoms with Crippen LogP contribution in [-0.2, 0) is 6.54 Å². The van der Waals surface area contributed by atoms with Crippen LogP contribution in [0.3, 0.4) is 0 Å². The highest BCUT2D eigenvalue weighted by Gasteiger charge is 2.49. The molecule has 0 radical (unpaired) electrons. The van der Waals surface area contributed by atoms with Crippen LogP contribution in [0, 0.1) is 5.92 Å². The standard InChI is InChI=1S/C9H15N5/c10-9-7-3-8(9)13(4-7)1-2-14-6-11-5-12-14/h5-9H,1-4,10H2. The lowest BCUT2D eigenvalue weighted by Crippen LogP contribution is -2.49. The van der Waals surface area contributed by atoms with Crippen molar-refractivity contribution in [1.82, 2.24) is 19.7 Å². The Hall–Kier alpha value is -0.940. The van der Waals surface area contributed by atoms with Gasteiger partial charge in [-0.25, -0.2) is 4.98 Å². The predicted molar refractivity (Wildman–Crippen MR) is 51.5 cm³/mol. The van der Waals surface area contributed by atoms with Gasteiger partial charge in [0.25, 0.3) is 0 Å². The molecule has 4 rings (SSSR count). The largest absolute Gasteiger partial charge is 0.326 e. The first-order valence-electron chi connectivity index (χ1n) is 5.16. The van der Waals surface area contributed by atoms with Gasteiger partial charge < -0.3 is 5.73 Å². The molecule has 0 spiro atoms. The summed E-state index contributed by atoms with van der Waals surface area (Å²) in [6.45, 7) is 3.16. The van der Waals surface area contributed by atoms with Gasteiger partial charge in [0, 0.05) is 25.2 Å². The van der Waals surface area contributed by atoms with Crippen molar-refractivity contribution in [3.8, 4) is 0 Å². The summed E-state index contributed by atoms with van der Waals surface area (Å²) in [4.78, 5) is 6.40. The monoisotopic (exact) mass is 193 g/mol. The number of hydrogen-bond acceptors (Lipinski definition) is 4. The average molecular weight is 193 g/mol. The van der Waals surface area contributed by atoms with E-state index in [9.17, 15) is 0 Å². The fourth-order valence-corrected chi connectivity index (χ4v) is 2.60. The number of rotatable bonds is 3. The molecule has 3 unspecified atom stereocenters. The van der Waals surface area contributed by atoms with Crippen LogP contribution in [0.15, 0.2) is 12.7 Å². The van der Waals surface area contributed by atoms with Gasteiger partial charge in [-0.3, -0.25) is 9.58 Å². The summed E-state index contributed by atoms with van der Waals surface area (Å²) in [5, 5.41) is 4.08. The summed E-state index contributed by atoms with van der Waals surface area (Å²) < 4.78 is 1.88. The van der Waals surface area contributed by atoms with Crippen LogP contribution in [0.1, 0.15) is 6.42 Å². The fraction of sp³-hybridized carbons (Fsp3) is 0.778. The summed E-state index contributed by atoms with van der Waals surface area (Å²) in [5.74, 6) is 0.760. The number of hydrogen-bond donors (Lipinski definition) is 1. The van der Waals surface area contributed by atoms with Gasteiger partial charge in [-0.2, -0.15) is 5.10 Å². The number of fused-ring (bicyclic) bond motifs is 1. The van der Waals surface area contributed by atoms with Crippen molar-refractivity contribution in [3.63, 3.8) is 0 Å². The van der Waals surface area contributed by atoms with Gasteiger partial charge in [0.15, 0.2) is 0 Å². The number of aromatic nitrogens is 3. The van der Waals surface area contributed by atoms with E-state index in [1.54, 1.807) is 12.7 Å². The molecule has 1 aliphatic carbocycles. The predicted octanol–water partition coefficient (Wildman–Crippen LogP) is -0.690. The molecule has 76 valence electrons. The van der Waals surface area contributed by atoms with E-state index in [-0.39, 0.29) is 0 Å². The van der Waals surface area contributed by atoms with E-state index in [1.807, 2.05) is 4.68 Å². The smallest absolute Gasteiger partial charge is 0.137 e. The van der Waals surface area contributed by atoms with Crippen molar-refractivity contribution in [1.29, 1.82) is 0 Å². The highest BCUT2D eigenvalue weighted by atomic mass is 15.3. The Kier molecular flexibility index (Phi) is 1.81. The first kappa shape index (κ1) is 8.38. The molecule has 14 heavy (non-hydrogen) atoms. The second-order valence-electron chi connectivity index (χ2n) is 4.29. The molecule has 0 amide bonds. The van der Waals surface area contributed by atoms with Gasteiger partial charge in [-0.05, 0) is 12.3 Å². The molecular weight excluding hydrogens is 178 g/mol. The molecule has 3 aliphatic rings. The van der Waals surface area contributed by atoms with Crippen LogP contribution in [0.4, 0.5) is 0 Å². The van der Waals surface area contributed by atoms with Gasteiger partial charge in [0.05, 0.1) is 6.54 Å². The minimum atomic E-state index is 0.436. The third-order valence-corrected chi connectivity index (χ3v) is 3.55. The Bertz CT molecular complexity index is 309. The van der Waals surface area contributed by atoms with Crippen molar-refractivity contribution >= 4 is 0 Å². The highest BCUT2D eigenvalue weighted by Crippen LogP contribution is 2.39. The third kappa shape index (κ3) is 1.16. The average Bonchev–Trinajstić information content (AvgIpc) is 2.88. The van der Waals surface area contributed by atoms with Gasteiger partial charge in [-0.1, -0.05) is 0 Å². The van der Waals surface area contributed by atoms with Gasteiger partial charge in [0.2, 0.25) is 0 Å². The molecule has 1 aromatic rings. The summed E-state index contributed by atoms with van der Waals surface area (Å²) in [6, 6.07) is 1.08. The summed E-state index contributed by atoms with van der Waals surface area (Å²) in [7, 11) is 0. The van der Waals surface area contributed by atoms with Gasteiger partial charge in [-0.15, -0.1) is 0 Å². The van der Waals surface area contributed by atoms with Crippen LogP contribution >= 0.6 is 0 Å². The van der Waals surface area contributed by atoms with E-state index in [4.69, 9.17) is 5.73 Å². The molecular formula is C9H15N5. The summed E-state index contributed by atoms with van der Waals surface area (Å²) >= 11 is 0. The second kappa shape index (κ2) is 3.03. The molecule has 1 aromatic heterocycles. The zero-order valence-electron chi connectivity index (χ0n) is 8.08. The molecule has 2 saturated heterocycles. The van der Waals surface area contributed by atoms with E-state index in [0.717, 1.165) is 19.0 Å². The lowest BCUT2D eigenvalue weighted by Gasteiger charge is -2.33. The van der Waals surface area contributed by atoms with Crippen molar-refractivity contribution in [2.45, 2.75) is 25.0 Å². The Morgan fingerprint density at radius 3 is 2.93 bits per heavy atom. The van der Waals surface area contributed by atoms with Crippen LogP contribution in [0.5, 0.6) is 0 Å². The molecule has 3 atom stereocenters. The lowest BCUT2D eigenvalue weighted by atomic mass is 9.81. The quantitative estimate of drug-likeness (QED) is 0.690. The van der Waals surface area contributed by atoms with Gasteiger partial charge >= 0.3 is 0 Å². The number of nitrogens with zero attached hydrogens (tertiary/aromatic N) is 4. The molecule has 3 heterocycles. The second-order valence-corrected chi connectivity index (χ2v) is 4.29. The van der Waals surface area contributed by atoms with Crippen molar-refractivity contribution < 1.29 is 0 Å². The normalized spacial score (nSPS) is 35.9. The lowest BCUT2D eigenvalue weighted by molar-refractivity contribution is 0.207. The maximum Gasteiger partial charge on any atom is 0.137 e. The molecule has 3 fully saturated rings. The Balaban J connectivity index is 1.55. The SMILES string of the molecule is NC1C2CC1N(CCn1cncn1)C2. The van der Waals surface area contributed by atoms with Gasteiger partial charge in [0.1, 0.15) is 12.7 Å². The first-order chi connectivity index (χ1) is 6.84. The Morgan fingerprint density at radius 2 is 2.36 bits per heavy atom. The van der Waals surface area contributed by atoms with E-state index in [0.29, 0.717) is 12.1 Å². The van der Waals surface area contributed by atoms with E-state index < -0.39 is 0 Å². The zero-order chi connectivity index (χ0) is 9.54. The van der Waals surface area contributed by atoms with Crippen LogP contribution in [-0.4, -0.2) is 44.8 Å². The van der Waals surface area contributed by atoms with E-state index in [1.165, 1.54) is 13.0 Å². The minimum Gasteiger partial charge on any atom is -0.326 e. The van der Waals surface area contributed by atoms with Crippen molar-refractivity contribution in [2.75, 3.05) is 13.1 Å². The van der Waals surface area contributed by atoms with Crippen LogP contribution < -0.4 is 5.73 Å². The van der Waals surface area contributed by atoms with Crippen molar-refractivity contribution in [3.05, 3.63) is 12.7 Å². The van der Waals surface area contributed by atoms with E-state index in [2.05, 4.69) is 15.0 Å². The summed E-state index contributed by atoms with van der Waals surface area (Å²) in [6.07, 6.45) is 4.65. The maximum absolute atomic E-state index is 5.99. The molecule has 2 aliphatic heterocycles.